The Morgan fingerprint density at radius 1 is 0.812 bits per heavy atom. The van der Waals surface area contributed by atoms with Crippen molar-refractivity contribution >= 4 is 10.9 Å². The first kappa shape index (κ1) is 11.2. The summed E-state index contributed by atoms with van der Waals surface area (Å²) in [5.41, 5.74) is 0. The molecule has 2 rings (SSSR count). The van der Waals surface area contributed by atoms with Gasteiger partial charge in [-0.3, -0.25) is 0 Å². The molecule has 0 saturated carbocycles. The Morgan fingerprint density at radius 3 is 1.62 bits per heavy atom. The molecule has 0 aromatic heterocycles. The molecule has 0 amide bonds. The van der Waals surface area contributed by atoms with E-state index in [1.165, 1.54) is 9.79 Å². The molecule has 0 radical (unpaired) electrons. The predicted molar refractivity (Wildman–Crippen MR) is 70.3 cm³/mol. The molecule has 0 spiro atoms. The quantitative estimate of drug-likeness (QED) is 0.791. The molecular formula is C14H16OS. The highest BCUT2D eigenvalue weighted by molar-refractivity contribution is 8.17. The van der Waals surface area contributed by atoms with Crippen molar-refractivity contribution in [3.05, 3.63) is 60.7 Å². The SMILES string of the molecule is COC[SH](c1ccccc1)c1ccccc1. The van der Waals surface area contributed by atoms with Gasteiger partial charge in [-0.1, -0.05) is 36.4 Å². The summed E-state index contributed by atoms with van der Waals surface area (Å²) in [5.74, 6) is 0.781. The zero-order valence-electron chi connectivity index (χ0n) is 9.34. The molecule has 0 unspecified atom stereocenters. The van der Waals surface area contributed by atoms with Crippen LogP contribution in [0.15, 0.2) is 70.5 Å². The second kappa shape index (κ2) is 5.73. The van der Waals surface area contributed by atoms with Crippen LogP contribution in [0.2, 0.25) is 0 Å². The molecular weight excluding hydrogens is 216 g/mol. The molecule has 0 aliphatic rings. The third-order valence-electron chi connectivity index (χ3n) is 2.39. The summed E-state index contributed by atoms with van der Waals surface area (Å²) in [6.07, 6.45) is 0. The highest BCUT2D eigenvalue weighted by Crippen LogP contribution is 2.43. The van der Waals surface area contributed by atoms with Crippen molar-refractivity contribution in [2.45, 2.75) is 9.79 Å². The van der Waals surface area contributed by atoms with Crippen LogP contribution in [0.4, 0.5) is 0 Å². The summed E-state index contributed by atoms with van der Waals surface area (Å²) in [7, 11) is 1.39. The van der Waals surface area contributed by atoms with Crippen molar-refractivity contribution in [1.29, 1.82) is 0 Å². The first-order valence-corrected chi connectivity index (χ1v) is 6.81. The van der Waals surface area contributed by atoms with Crippen LogP contribution in [-0.4, -0.2) is 13.0 Å². The molecule has 1 nitrogen and oxygen atoms in total. The van der Waals surface area contributed by atoms with Crippen molar-refractivity contribution in [3.63, 3.8) is 0 Å². The van der Waals surface area contributed by atoms with Gasteiger partial charge in [0.15, 0.2) is 0 Å². The van der Waals surface area contributed by atoms with Gasteiger partial charge in [-0.25, -0.2) is 0 Å². The standard InChI is InChI=1S/C14H16OS/c1-15-12-16(13-8-4-2-5-9-13)14-10-6-3-7-11-14/h2-11,16H,12H2,1H3. The fourth-order valence-corrected chi connectivity index (χ4v) is 3.56. The molecule has 2 heteroatoms. The third kappa shape index (κ3) is 2.65. The van der Waals surface area contributed by atoms with Crippen molar-refractivity contribution in [2.75, 3.05) is 13.0 Å². The smallest absolute Gasteiger partial charge is 0.0816 e. The maximum absolute atomic E-state index is 5.34. The van der Waals surface area contributed by atoms with Crippen molar-refractivity contribution in [3.8, 4) is 0 Å². The summed E-state index contributed by atoms with van der Waals surface area (Å²) in [6.45, 7) is 0. The summed E-state index contributed by atoms with van der Waals surface area (Å²) in [6, 6.07) is 21.2. The molecule has 0 aliphatic carbocycles. The number of thiol groups is 1. The third-order valence-corrected chi connectivity index (χ3v) is 4.75. The highest BCUT2D eigenvalue weighted by Gasteiger charge is 2.08. The highest BCUT2D eigenvalue weighted by atomic mass is 32.2. The number of hydrogen-bond acceptors (Lipinski definition) is 1. The maximum Gasteiger partial charge on any atom is 0.0816 e. The summed E-state index contributed by atoms with van der Waals surface area (Å²) < 4.78 is 5.34. The fourth-order valence-electron chi connectivity index (χ4n) is 1.64. The Hall–Kier alpha value is -1.25. The summed E-state index contributed by atoms with van der Waals surface area (Å²) in [4.78, 5) is 2.73. The zero-order chi connectivity index (χ0) is 11.2. The second-order valence-electron chi connectivity index (χ2n) is 3.52. The molecule has 0 atom stereocenters. The number of ether oxygens (including phenoxy) is 1. The van der Waals surface area contributed by atoms with Gasteiger partial charge in [0, 0.05) is 7.11 Å². The lowest BCUT2D eigenvalue weighted by atomic mass is 10.4. The van der Waals surface area contributed by atoms with E-state index in [0.717, 1.165) is 5.94 Å². The lowest BCUT2D eigenvalue weighted by Gasteiger charge is -2.21. The van der Waals surface area contributed by atoms with Gasteiger partial charge >= 0.3 is 0 Å². The Kier molecular flexibility index (Phi) is 4.03. The van der Waals surface area contributed by atoms with E-state index in [0.29, 0.717) is 0 Å². The summed E-state index contributed by atoms with van der Waals surface area (Å²) >= 11 is 0. The van der Waals surface area contributed by atoms with Crippen LogP contribution in [0.25, 0.3) is 0 Å². The van der Waals surface area contributed by atoms with E-state index in [1.54, 1.807) is 7.11 Å². The van der Waals surface area contributed by atoms with Gasteiger partial charge in [0.1, 0.15) is 0 Å². The molecule has 0 N–H and O–H groups in total. The van der Waals surface area contributed by atoms with E-state index in [4.69, 9.17) is 4.74 Å². The van der Waals surface area contributed by atoms with Crippen LogP contribution in [0, 0.1) is 0 Å². The first-order chi connectivity index (χ1) is 7.92. The minimum atomic E-state index is -0.373. The molecule has 0 heterocycles. The lowest BCUT2D eigenvalue weighted by molar-refractivity contribution is 0.257. The van der Waals surface area contributed by atoms with Crippen LogP contribution < -0.4 is 0 Å². The van der Waals surface area contributed by atoms with E-state index in [1.807, 2.05) is 0 Å². The lowest BCUT2D eigenvalue weighted by Crippen LogP contribution is -1.93. The van der Waals surface area contributed by atoms with E-state index in [2.05, 4.69) is 60.7 Å². The zero-order valence-corrected chi connectivity index (χ0v) is 10.2. The van der Waals surface area contributed by atoms with Crippen molar-refractivity contribution in [1.82, 2.24) is 0 Å². The minimum absolute atomic E-state index is 0.373. The molecule has 2 aromatic carbocycles. The molecule has 2 aromatic rings. The van der Waals surface area contributed by atoms with E-state index >= 15 is 0 Å². The normalized spacial score (nSPS) is 11.2. The monoisotopic (exact) mass is 232 g/mol. The Bertz CT molecular complexity index is 374. The molecule has 0 saturated heterocycles. The van der Waals surface area contributed by atoms with Crippen molar-refractivity contribution in [2.24, 2.45) is 0 Å². The summed E-state index contributed by atoms with van der Waals surface area (Å²) in [5, 5.41) is 0. The number of rotatable bonds is 4. The van der Waals surface area contributed by atoms with Crippen LogP contribution in [0.1, 0.15) is 0 Å². The average Bonchev–Trinajstić information content (AvgIpc) is 2.38. The van der Waals surface area contributed by atoms with Crippen LogP contribution in [-0.2, 0) is 4.74 Å². The Labute approximate surface area is 99.4 Å². The molecule has 16 heavy (non-hydrogen) atoms. The van der Waals surface area contributed by atoms with Gasteiger partial charge in [0.2, 0.25) is 0 Å². The van der Waals surface area contributed by atoms with E-state index in [-0.39, 0.29) is 10.9 Å². The maximum atomic E-state index is 5.34. The fraction of sp³-hybridized carbons (Fsp3) is 0.143. The largest absolute Gasteiger partial charge is 0.375 e. The first-order valence-electron chi connectivity index (χ1n) is 5.28. The van der Waals surface area contributed by atoms with Gasteiger partial charge in [-0.15, -0.1) is 0 Å². The van der Waals surface area contributed by atoms with Gasteiger partial charge in [0.05, 0.1) is 5.94 Å². The van der Waals surface area contributed by atoms with Crippen LogP contribution >= 0.6 is 10.9 Å². The van der Waals surface area contributed by atoms with Gasteiger partial charge in [-0.2, -0.15) is 10.9 Å². The van der Waals surface area contributed by atoms with Gasteiger partial charge in [-0.05, 0) is 34.1 Å². The van der Waals surface area contributed by atoms with Crippen molar-refractivity contribution < 1.29 is 4.74 Å². The second-order valence-corrected chi connectivity index (χ2v) is 5.66. The molecule has 0 aliphatic heterocycles. The topological polar surface area (TPSA) is 9.23 Å². The predicted octanol–water partition coefficient (Wildman–Crippen LogP) is 3.71. The number of methoxy groups -OCH3 is 1. The molecule has 0 bridgehead atoms. The number of hydrogen-bond donors (Lipinski definition) is 1. The van der Waals surface area contributed by atoms with Crippen LogP contribution in [0.5, 0.6) is 0 Å². The van der Waals surface area contributed by atoms with E-state index in [9.17, 15) is 0 Å². The molecule has 0 fully saturated rings. The van der Waals surface area contributed by atoms with Gasteiger partial charge in [0.25, 0.3) is 0 Å². The van der Waals surface area contributed by atoms with Crippen LogP contribution in [0.3, 0.4) is 0 Å². The molecule has 84 valence electrons. The van der Waals surface area contributed by atoms with Gasteiger partial charge < -0.3 is 4.74 Å². The Balaban J connectivity index is 2.31. The average molecular weight is 232 g/mol. The minimum Gasteiger partial charge on any atom is -0.375 e. The Morgan fingerprint density at radius 2 is 1.25 bits per heavy atom. The number of benzene rings is 2. The van der Waals surface area contributed by atoms with E-state index < -0.39 is 0 Å².